The van der Waals surface area contributed by atoms with Crippen LogP contribution in [0, 0.1) is 13.8 Å². The second kappa shape index (κ2) is 5.90. The van der Waals surface area contributed by atoms with Crippen molar-refractivity contribution in [3.05, 3.63) is 11.4 Å². The van der Waals surface area contributed by atoms with E-state index in [9.17, 15) is 9.59 Å². The average molecular weight is 271 g/mol. The van der Waals surface area contributed by atoms with Crippen molar-refractivity contribution in [2.45, 2.75) is 26.0 Å². The zero-order valence-corrected chi connectivity index (χ0v) is 11.7. The SMILES string of the molecule is Cc1nn(C)c(C)c1NC(=O)CSC(C)C(=O)O. The molecular formula is C11H17N3O3S. The highest BCUT2D eigenvalue weighted by atomic mass is 32.2. The molecule has 1 unspecified atom stereocenters. The molecule has 0 aliphatic carbocycles. The number of carbonyl (C=O) groups is 2. The largest absolute Gasteiger partial charge is 0.480 e. The summed E-state index contributed by atoms with van der Waals surface area (Å²) >= 11 is 1.09. The van der Waals surface area contributed by atoms with Crippen molar-refractivity contribution >= 4 is 29.3 Å². The van der Waals surface area contributed by atoms with Crippen molar-refractivity contribution in [2.75, 3.05) is 11.1 Å². The van der Waals surface area contributed by atoms with Crippen LogP contribution in [0.25, 0.3) is 0 Å². The van der Waals surface area contributed by atoms with Crippen LogP contribution in [0.1, 0.15) is 18.3 Å². The predicted octanol–water partition coefficient (Wildman–Crippen LogP) is 1.18. The van der Waals surface area contributed by atoms with E-state index in [2.05, 4.69) is 10.4 Å². The molecule has 100 valence electrons. The number of nitrogens with zero attached hydrogens (tertiary/aromatic N) is 2. The summed E-state index contributed by atoms with van der Waals surface area (Å²) in [5.74, 6) is -1.02. The number of nitrogens with one attached hydrogen (secondary N) is 1. The van der Waals surface area contributed by atoms with E-state index in [-0.39, 0.29) is 11.7 Å². The number of rotatable bonds is 5. The van der Waals surface area contributed by atoms with Gasteiger partial charge < -0.3 is 10.4 Å². The molecule has 0 aromatic carbocycles. The molecule has 0 fully saturated rings. The first kappa shape index (κ1) is 14.6. The summed E-state index contributed by atoms with van der Waals surface area (Å²) in [7, 11) is 1.80. The molecule has 0 bridgehead atoms. The Morgan fingerprint density at radius 2 is 2.11 bits per heavy atom. The van der Waals surface area contributed by atoms with Crippen molar-refractivity contribution in [3.8, 4) is 0 Å². The molecule has 7 heteroatoms. The van der Waals surface area contributed by atoms with Crippen LogP contribution >= 0.6 is 11.8 Å². The van der Waals surface area contributed by atoms with Gasteiger partial charge in [0.1, 0.15) is 0 Å². The number of aliphatic carboxylic acids is 1. The maximum absolute atomic E-state index is 11.7. The molecule has 1 rings (SSSR count). The number of thioether (sulfide) groups is 1. The lowest BCUT2D eigenvalue weighted by Gasteiger charge is -2.07. The van der Waals surface area contributed by atoms with Crippen molar-refractivity contribution in [2.24, 2.45) is 7.05 Å². The molecule has 0 spiro atoms. The molecule has 2 N–H and O–H groups in total. The summed E-state index contributed by atoms with van der Waals surface area (Å²) < 4.78 is 1.69. The van der Waals surface area contributed by atoms with E-state index < -0.39 is 11.2 Å². The topological polar surface area (TPSA) is 84.2 Å². The number of aryl methyl sites for hydroxylation is 2. The highest BCUT2D eigenvalue weighted by molar-refractivity contribution is 8.01. The minimum Gasteiger partial charge on any atom is -0.480 e. The summed E-state index contributed by atoms with van der Waals surface area (Å²) in [6, 6.07) is 0. The van der Waals surface area contributed by atoms with Gasteiger partial charge in [0.05, 0.1) is 28.1 Å². The van der Waals surface area contributed by atoms with Crippen molar-refractivity contribution in [1.29, 1.82) is 0 Å². The summed E-state index contributed by atoms with van der Waals surface area (Å²) in [5, 5.41) is 15.1. The van der Waals surface area contributed by atoms with Gasteiger partial charge in [0.15, 0.2) is 0 Å². The second-order valence-electron chi connectivity index (χ2n) is 4.01. The zero-order chi connectivity index (χ0) is 13.9. The Labute approximate surface area is 110 Å². The standard InChI is InChI=1S/C11H17N3O3S/c1-6-10(7(2)14(4)13-6)12-9(15)5-18-8(3)11(16)17/h8H,5H2,1-4H3,(H,12,15)(H,16,17). The van der Waals surface area contributed by atoms with Crippen molar-refractivity contribution in [3.63, 3.8) is 0 Å². The van der Waals surface area contributed by atoms with Crippen LogP contribution in [0.3, 0.4) is 0 Å². The monoisotopic (exact) mass is 271 g/mol. The first-order valence-corrected chi connectivity index (χ1v) is 6.52. The van der Waals surface area contributed by atoms with Crippen LogP contribution in [-0.2, 0) is 16.6 Å². The first-order chi connectivity index (χ1) is 8.32. The van der Waals surface area contributed by atoms with E-state index >= 15 is 0 Å². The van der Waals surface area contributed by atoms with Gasteiger partial charge in [-0.15, -0.1) is 11.8 Å². The number of hydrogen-bond donors (Lipinski definition) is 2. The molecule has 1 atom stereocenters. The highest BCUT2D eigenvalue weighted by Gasteiger charge is 2.16. The van der Waals surface area contributed by atoms with Crippen LogP contribution in [0.5, 0.6) is 0 Å². The Morgan fingerprint density at radius 3 is 2.56 bits per heavy atom. The molecule has 0 aliphatic rings. The fourth-order valence-corrected chi connectivity index (χ4v) is 2.02. The minimum absolute atomic E-state index is 0.112. The normalized spacial score (nSPS) is 12.2. The van der Waals surface area contributed by atoms with Gasteiger partial charge >= 0.3 is 5.97 Å². The Hall–Kier alpha value is -1.50. The summed E-state index contributed by atoms with van der Waals surface area (Å²) in [6.45, 7) is 5.24. The van der Waals surface area contributed by atoms with Crippen LogP contribution < -0.4 is 5.32 Å². The number of anilines is 1. The van der Waals surface area contributed by atoms with Crippen LogP contribution in [0.4, 0.5) is 5.69 Å². The summed E-state index contributed by atoms with van der Waals surface area (Å²) in [6.07, 6.45) is 0. The minimum atomic E-state index is -0.915. The summed E-state index contributed by atoms with van der Waals surface area (Å²) in [4.78, 5) is 22.3. The predicted molar refractivity (Wildman–Crippen MR) is 70.9 cm³/mol. The van der Waals surface area contributed by atoms with Crippen LogP contribution in [0.15, 0.2) is 0 Å². The third kappa shape index (κ3) is 3.49. The van der Waals surface area contributed by atoms with E-state index in [0.717, 1.165) is 23.1 Å². The molecular weight excluding hydrogens is 254 g/mol. The van der Waals surface area contributed by atoms with Crippen LogP contribution in [0.2, 0.25) is 0 Å². The molecule has 1 heterocycles. The number of carbonyl (C=O) groups excluding carboxylic acids is 1. The molecule has 0 aliphatic heterocycles. The Balaban J connectivity index is 2.57. The molecule has 0 saturated heterocycles. The first-order valence-electron chi connectivity index (χ1n) is 5.47. The van der Waals surface area contributed by atoms with Crippen molar-refractivity contribution in [1.82, 2.24) is 9.78 Å². The van der Waals surface area contributed by atoms with E-state index in [1.807, 2.05) is 13.8 Å². The smallest absolute Gasteiger partial charge is 0.316 e. The average Bonchev–Trinajstić information content (AvgIpc) is 2.52. The molecule has 1 aromatic heterocycles. The number of carboxylic acids is 1. The summed E-state index contributed by atoms with van der Waals surface area (Å²) in [5.41, 5.74) is 2.32. The van der Waals surface area contributed by atoms with Gasteiger partial charge in [-0.25, -0.2) is 0 Å². The maximum Gasteiger partial charge on any atom is 0.316 e. The van der Waals surface area contributed by atoms with Gasteiger partial charge in [-0.05, 0) is 20.8 Å². The number of amides is 1. The quantitative estimate of drug-likeness (QED) is 0.840. The molecule has 6 nitrogen and oxygen atoms in total. The fraction of sp³-hybridized carbons (Fsp3) is 0.545. The Kier molecular flexibility index (Phi) is 4.77. The maximum atomic E-state index is 11.7. The number of carboxylic acid groups (broad SMARTS) is 1. The van der Waals surface area contributed by atoms with Crippen LogP contribution in [-0.4, -0.2) is 37.8 Å². The molecule has 0 saturated carbocycles. The Bertz CT molecular complexity index is 470. The third-order valence-corrected chi connectivity index (χ3v) is 3.72. The van der Waals surface area contributed by atoms with Gasteiger partial charge in [-0.2, -0.15) is 5.10 Å². The zero-order valence-electron chi connectivity index (χ0n) is 10.9. The number of hydrogen-bond acceptors (Lipinski definition) is 4. The van der Waals surface area contributed by atoms with E-state index in [0.29, 0.717) is 5.69 Å². The molecule has 1 aromatic rings. The molecule has 0 radical (unpaired) electrons. The lowest BCUT2D eigenvalue weighted by atomic mass is 10.3. The third-order valence-electron chi connectivity index (χ3n) is 2.59. The van der Waals surface area contributed by atoms with Gasteiger partial charge in [-0.3, -0.25) is 14.3 Å². The number of aromatic nitrogens is 2. The lowest BCUT2D eigenvalue weighted by molar-refractivity contribution is -0.136. The fourth-order valence-electron chi connectivity index (χ4n) is 1.40. The van der Waals surface area contributed by atoms with Crippen molar-refractivity contribution < 1.29 is 14.7 Å². The highest BCUT2D eigenvalue weighted by Crippen LogP contribution is 2.19. The van der Waals surface area contributed by atoms with Gasteiger partial charge in [-0.1, -0.05) is 0 Å². The van der Waals surface area contributed by atoms with E-state index in [4.69, 9.17) is 5.11 Å². The lowest BCUT2D eigenvalue weighted by Crippen LogP contribution is -2.19. The van der Waals surface area contributed by atoms with E-state index in [1.54, 1.807) is 18.7 Å². The second-order valence-corrected chi connectivity index (χ2v) is 5.34. The van der Waals surface area contributed by atoms with Gasteiger partial charge in [0.2, 0.25) is 5.91 Å². The van der Waals surface area contributed by atoms with E-state index in [1.165, 1.54) is 0 Å². The molecule has 1 amide bonds. The van der Waals surface area contributed by atoms with Gasteiger partial charge in [0.25, 0.3) is 0 Å². The van der Waals surface area contributed by atoms with Gasteiger partial charge in [0, 0.05) is 7.05 Å². The Morgan fingerprint density at radius 1 is 1.50 bits per heavy atom. The molecule has 18 heavy (non-hydrogen) atoms.